The minimum atomic E-state index is -1.14. The maximum Gasteiger partial charge on any atom is 0.407 e. The van der Waals surface area contributed by atoms with Crippen LogP contribution >= 0.6 is 0 Å². The Labute approximate surface area is 252 Å². The van der Waals surface area contributed by atoms with Crippen LogP contribution in [0.5, 0.6) is 0 Å². The van der Waals surface area contributed by atoms with Gasteiger partial charge < -0.3 is 30.1 Å². The van der Waals surface area contributed by atoms with Crippen LogP contribution in [-0.4, -0.2) is 60.6 Å². The average Bonchev–Trinajstić information content (AvgIpc) is 3.57. The highest BCUT2D eigenvalue weighted by molar-refractivity contribution is 5.81. The van der Waals surface area contributed by atoms with E-state index in [1.54, 1.807) is 0 Å². The molecule has 1 saturated heterocycles. The first-order valence-corrected chi connectivity index (χ1v) is 14.8. The second-order valence-electron chi connectivity index (χ2n) is 12.1. The van der Waals surface area contributed by atoms with Gasteiger partial charge in [-0.3, -0.25) is 0 Å². The van der Waals surface area contributed by atoms with Crippen molar-refractivity contribution < 1.29 is 29.0 Å². The van der Waals surface area contributed by atoms with Crippen LogP contribution < -0.4 is 15.5 Å². The van der Waals surface area contributed by atoms with Crippen LogP contribution in [0.1, 0.15) is 56.2 Å². The molecule has 0 radical (unpaired) electrons. The number of anilines is 1. The lowest BCUT2D eigenvalue weighted by Crippen LogP contribution is -2.43. The number of nitrogens with zero attached hydrogens (tertiary/aromatic N) is 1. The van der Waals surface area contributed by atoms with Crippen molar-refractivity contribution in [1.29, 1.82) is 0 Å². The summed E-state index contributed by atoms with van der Waals surface area (Å²) in [6.07, 6.45) is 0.876. The summed E-state index contributed by atoms with van der Waals surface area (Å²) in [4.78, 5) is 39.1. The molecule has 1 heterocycles. The highest BCUT2D eigenvalue weighted by Crippen LogP contribution is 2.44. The molecule has 2 amide bonds. The number of fused-ring (bicyclic) bond motifs is 3. The SMILES string of the molecule is CC(C)(C)OC(=O)NC[C@H]1CCCN1c1ccc(C[C@H](NC(=O)OCC2c3ccccc3-c3ccccc32)C(=O)O)cc1. The number of hydrogen-bond donors (Lipinski definition) is 3. The zero-order valence-corrected chi connectivity index (χ0v) is 24.8. The van der Waals surface area contributed by atoms with Gasteiger partial charge >= 0.3 is 18.2 Å². The number of carboxylic acid groups (broad SMARTS) is 1. The Morgan fingerprint density at radius 2 is 1.56 bits per heavy atom. The molecule has 3 N–H and O–H groups in total. The van der Waals surface area contributed by atoms with Crippen molar-refractivity contribution in [3.63, 3.8) is 0 Å². The molecule has 226 valence electrons. The van der Waals surface area contributed by atoms with Gasteiger partial charge in [-0.15, -0.1) is 0 Å². The van der Waals surface area contributed by atoms with Crippen molar-refractivity contribution in [2.75, 3.05) is 24.6 Å². The molecule has 2 aliphatic rings. The Bertz CT molecular complexity index is 1420. The summed E-state index contributed by atoms with van der Waals surface area (Å²) < 4.78 is 10.9. The standard InChI is InChI=1S/C34H39N3O6/c1-34(2,3)43-32(40)35-20-24-9-8-18-37(24)23-16-14-22(15-17-23)19-30(31(38)39)36-33(41)42-21-29-27-12-6-4-10-25(27)26-11-5-7-13-28(26)29/h4-7,10-17,24,29-30H,8-9,18-21H2,1-3H3,(H,35,40)(H,36,41)(H,38,39)/t24-,30+/m1/s1. The van der Waals surface area contributed by atoms with Gasteiger partial charge in [-0.1, -0.05) is 60.7 Å². The van der Waals surface area contributed by atoms with Crippen molar-refractivity contribution in [2.24, 2.45) is 0 Å². The van der Waals surface area contributed by atoms with Gasteiger partial charge in [0.25, 0.3) is 0 Å². The first-order valence-electron chi connectivity index (χ1n) is 14.8. The molecule has 1 aliphatic carbocycles. The predicted octanol–water partition coefficient (Wildman–Crippen LogP) is 5.71. The third-order valence-electron chi connectivity index (χ3n) is 7.90. The first kappa shape index (κ1) is 29.9. The minimum Gasteiger partial charge on any atom is -0.480 e. The van der Waals surface area contributed by atoms with E-state index < -0.39 is 29.8 Å². The second-order valence-corrected chi connectivity index (χ2v) is 12.1. The lowest BCUT2D eigenvalue weighted by Gasteiger charge is -2.28. The molecule has 5 rings (SSSR count). The smallest absolute Gasteiger partial charge is 0.407 e. The molecule has 1 aliphatic heterocycles. The number of ether oxygens (including phenoxy) is 2. The van der Waals surface area contributed by atoms with E-state index in [1.165, 1.54) is 0 Å². The fourth-order valence-electron chi connectivity index (χ4n) is 5.94. The number of rotatable bonds is 9. The van der Waals surface area contributed by atoms with Gasteiger partial charge in [0.1, 0.15) is 18.2 Å². The first-order chi connectivity index (χ1) is 20.6. The molecule has 0 aromatic heterocycles. The molecule has 2 atom stereocenters. The fraction of sp³-hybridized carbons (Fsp3) is 0.382. The van der Waals surface area contributed by atoms with E-state index in [2.05, 4.69) is 27.7 Å². The molecular weight excluding hydrogens is 546 g/mol. The number of alkyl carbamates (subject to hydrolysis) is 2. The summed E-state index contributed by atoms with van der Waals surface area (Å²) in [5.74, 6) is -1.24. The average molecular weight is 586 g/mol. The number of carboxylic acids is 1. The Kier molecular flexibility index (Phi) is 8.89. The van der Waals surface area contributed by atoms with Crippen LogP contribution in [0.3, 0.4) is 0 Å². The van der Waals surface area contributed by atoms with Crippen LogP contribution in [0.25, 0.3) is 11.1 Å². The van der Waals surface area contributed by atoms with E-state index in [0.717, 1.165) is 52.9 Å². The van der Waals surface area contributed by atoms with Crippen LogP contribution in [0, 0.1) is 0 Å². The van der Waals surface area contributed by atoms with Crippen molar-refractivity contribution >= 4 is 23.8 Å². The summed E-state index contributed by atoms with van der Waals surface area (Å²) in [6.45, 7) is 6.94. The Morgan fingerprint density at radius 1 is 0.930 bits per heavy atom. The largest absolute Gasteiger partial charge is 0.480 e. The monoisotopic (exact) mass is 585 g/mol. The van der Waals surface area contributed by atoms with Gasteiger partial charge in [-0.2, -0.15) is 0 Å². The fourth-order valence-corrected chi connectivity index (χ4v) is 5.94. The molecule has 0 unspecified atom stereocenters. The quantitative estimate of drug-likeness (QED) is 0.294. The Hall–Kier alpha value is -4.53. The molecule has 3 aromatic carbocycles. The van der Waals surface area contributed by atoms with E-state index in [-0.39, 0.29) is 25.0 Å². The summed E-state index contributed by atoms with van der Waals surface area (Å²) in [7, 11) is 0. The van der Waals surface area contributed by atoms with Crippen LogP contribution in [0.2, 0.25) is 0 Å². The normalized spacial score (nSPS) is 16.6. The summed E-state index contributed by atoms with van der Waals surface area (Å²) in [5, 5.41) is 15.2. The molecule has 9 heteroatoms. The lowest BCUT2D eigenvalue weighted by molar-refractivity contribution is -0.139. The van der Waals surface area contributed by atoms with Crippen LogP contribution in [-0.2, 0) is 20.7 Å². The third kappa shape index (κ3) is 7.28. The molecule has 0 spiro atoms. The number of amides is 2. The zero-order valence-electron chi connectivity index (χ0n) is 24.8. The Morgan fingerprint density at radius 3 is 2.16 bits per heavy atom. The van der Waals surface area contributed by atoms with Gasteiger partial charge in [0.15, 0.2) is 0 Å². The summed E-state index contributed by atoms with van der Waals surface area (Å²) in [6, 6.07) is 22.8. The third-order valence-corrected chi connectivity index (χ3v) is 7.90. The zero-order chi connectivity index (χ0) is 30.6. The van der Waals surface area contributed by atoms with Crippen LogP contribution in [0.15, 0.2) is 72.8 Å². The molecule has 0 saturated carbocycles. The van der Waals surface area contributed by atoms with Crippen LogP contribution in [0.4, 0.5) is 15.3 Å². The van der Waals surface area contributed by atoms with E-state index in [1.807, 2.05) is 81.4 Å². The molecule has 9 nitrogen and oxygen atoms in total. The van der Waals surface area contributed by atoms with Gasteiger partial charge in [-0.05, 0) is 73.6 Å². The molecular formula is C34H39N3O6. The van der Waals surface area contributed by atoms with Crippen molar-refractivity contribution in [2.45, 2.75) is 63.6 Å². The van der Waals surface area contributed by atoms with E-state index in [9.17, 15) is 19.5 Å². The van der Waals surface area contributed by atoms with Crippen molar-refractivity contribution in [3.05, 3.63) is 89.5 Å². The Balaban J connectivity index is 1.15. The van der Waals surface area contributed by atoms with Crippen molar-refractivity contribution in [3.8, 4) is 11.1 Å². The predicted molar refractivity (Wildman–Crippen MR) is 164 cm³/mol. The van der Waals surface area contributed by atoms with Gasteiger partial charge in [0, 0.05) is 37.2 Å². The van der Waals surface area contributed by atoms with Gasteiger partial charge in [0.2, 0.25) is 0 Å². The molecule has 1 fully saturated rings. The number of carbonyl (C=O) groups is 3. The van der Waals surface area contributed by atoms with Gasteiger partial charge in [0.05, 0.1) is 0 Å². The molecule has 3 aromatic rings. The van der Waals surface area contributed by atoms with E-state index in [0.29, 0.717) is 6.54 Å². The molecule has 0 bridgehead atoms. The van der Waals surface area contributed by atoms with E-state index in [4.69, 9.17) is 9.47 Å². The minimum absolute atomic E-state index is 0.109. The number of nitrogens with one attached hydrogen (secondary N) is 2. The highest BCUT2D eigenvalue weighted by atomic mass is 16.6. The number of hydrogen-bond acceptors (Lipinski definition) is 6. The lowest BCUT2D eigenvalue weighted by atomic mass is 9.98. The topological polar surface area (TPSA) is 117 Å². The number of benzene rings is 3. The maximum atomic E-state index is 12.7. The van der Waals surface area contributed by atoms with E-state index >= 15 is 0 Å². The number of carbonyl (C=O) groups excluding carboxylic acids is 2. The highest BCUT2D eigenvalue weighted by Gasteiger charge is 2.30. The van der Waals surface area contributed by atoms with Crippen molar-refractivity contribution in [1.82, 2.24) is 10.6 Å². The molecule has 43 heavy (non-hydrogen) atoms. The second kappa shape index (κ2) is 12.8. The summed E-state index contributed by atoms with van der Waals surface area (Å²) >= 11 is 0. The maximum absolute atomic E-state index is 12.7. The summed E-state index contributed by atoms with van der Waals surface area (Å²) in [5.41, 5.74) is 5.64. The van der Waals surface area contributed by atoms with Gasteiger partial charge in [-0.25, -0.2) is 14.4 Å². The number of aliphatic carboxylic acids is 1.